The van der Waals surface area contributed by atoms with Crippen molar-refractivity contribution in [3.8, 4) is 0 Å². The fraction of sp³-hybridized carbons (Fsp3) is 0.760. The Hall–Kier alpha value is -0.850. The van der Waals surface area contributed by atoms with Gasteiger partial charge in [-0.05, 0) is 93.6 Å². The average Bonchev–Trinajstić information content (AvgIpc) is 2.65. The highest BCUT2D eigenvalue weighted by atomic mass is 19.1. The normalized spacial score (nSPS) is 29.8. The molecule has 2 saturated carbocycles. The number of halogens is 1. The average molecular weight is 363 g/mol. The summed E-state index contributed by atoms with van der Waals surface area (Å²) in [5.74, 6) is 3.15. The minimum absolute atomic E-state index is 0.0161. The quantitative estimate of drug-likeness (QED) is 0.428. The zero-order valence-corrected chi connectivity index (χ0v) is 18.3. The highest BCUT2D eigenvalue weighted by Crippen LogP contribution is 2.44. The van der Waals surface area contributed by atoms with Crippen molar-refractivity contribution in [2.75, 3.05) is 0 Å². The smallest absolute Gasteiger partial charge is 0.129 e. The van der Waals surface area contributed by atoms with Crippen molar-refractivity contribution in [3.05, 3.63) is 35.2 Å². The molecule has 0 aliphatic heterocycles. The second kappa shape index (κ2) is 11.8. The van der Waals surface area contributed by atoms with Gasteiger partial charge in [-0.2, -0.15) is 0 Å². The van der Waals surface area contributed by atoms with Crippen molar-refractivity contribution in [3.63, 3.8) is 0 Å². The van der Waals surface area contributed by atoms with Gasteiger partial charge in [0.1, 0.15) is 5.83 Å². The third-order valence-electron chi connectivity index (χ3n) is 6.63. The van der Waals surface area contributed by atoms with E-state index in [4.69, 9.17) is 0 Å². The molecule has 2 fully saturated rings. The van der Waals surface area contributed by atoms with Crippen molar-refractivity contribution < 1.29 is 4.39 Å². The Kier molecular flexibility index (Phi) is 10.5. The summed E-state index contributed by atoms with van der Waals surface area (Å²) in [4.78, 5) is 0. The molecule has 0 aromatic heterocycles. The molecule has 0 nitrogen and oxygen atoms in total. The molecular weight excluding hydrogens is 319 g/mol. The summed E-state index contributed by atoms with van der Waals surface area (Å²) < 4.78 is 15.0. The molecule has 2 rings (SSSR count). The van der Waals surface area contributed by atoms with Gasteiger partial charge in [0.05, 0.1) is 0 Å². The van der Waals surface area contributed by atoms with Crippen LogP contribution in [0.4, 0.5) is 4.39 Å². The van der Waals surface area contributed by atoms with Crippen LogP contribution in [0.2, 0.25) is 0 Å². The van der Waals surface area contributed by atoms with E-state index in [-0.39, 0.29) is 5.83 Å². The molecule has 0 N–H and O–H groups in total. The molecule has 0 aromatic rings. The molecule has 150 valence electrons. The Morgan fingerprint density at radius 3 is 1.77 bits per heavy atom. The van der Waals surface area contributed by atoms with Gasteiger partial charge in [-0.25, -0.2) is 4.39 Å². The van der Waals surface area contributed by atoms with Crippen molar-refractivity contribution in [1.82, 2.24) is 0 Å². The SMILES string of the molecule is C=C/C(=C(/F)C(CC)=C(C)C)C1CCC(C2CCC(C)CC2)CC1.CC. The van der Waals surface area contributed by atoms with Gasteiger partial charge in [-0.1, -0.05) is 58.8 Å². The van der Waals surface area contributed by atoms with Gasteiger partial charge in [0.15, 0.2) is 0 Å². The fourth-order valence-electron chi connectivity index (χ4n) is 5.00. The third kappa shape index (κ3) is 6.10. The predicted octanol–water partition coefficient (Wildman–Crippen LogP) is 8.80. The predicted molar refractivity (Wildman–Crippen MR) is 115 cm³/mol. The topological polar surface area (TPSA) is 0 Å². The first-order chi connectivity index (χ1) is 12.5. The van der Waals surface area contributed by atoms with Crippen LogP contribution >= 0.6 is 0 Å². The van der Waals surface area contributed by atoms with Gasteiger partial charge >= 0.3 is 0 Å². The van der Waals surface area contributed by atoms with E-state index in [9.17, 15) is 0 Å². The van der Waals surface area contributed by atoms with Crippen LogP contribution in [-0.2, 0) is 0 Å². The lowest BCUT2D eigenvalue weighted by atomic mass is 9.68. The molecule has 0 radical (unpaired) electrons. The molecular formula is C25H43F. The van der Waals surface area contributed by atoms with Gasteiger partial charge in [0.25, 0.3) is 0 Å². The van der Waals surface area contributed by atoms with Gasteiger partial charge in [0, 0.05) is 0 Å². The van der Waals surface area contributed by atoms with Crippen LogP contribution < -0.4 is 0 Å². The van der Waals surface area contributed by atoms with Gasteiger partial charge in [0.2, 0.25) is 0 Å². The van der Waals surface area contributed by atoms with E-state index in [1.807, 2.05) is 34.6 Å². The van der Waals surface area contributed by atoms with Crippen LogP contribution in [0, 0.1) is 23.7 Å². The molecule has 2 aliphatic rings. The molecule has 0 amide bonds. The number of allylic oxidation sites excluding steroid dienone is 5. The third-order valence-corrected chi connectivity index (χ3v) is 6.63. The summed E-state index contributed by atoms with van der Waals surface area (Å²) in [6, 6.07) is 0. The first-order valence-corrected chi connectivity index (χ1v) is 11.2. The molecule has 26 heavy (non-hydrogen) atoms. The van der Waals surface area contributed by atoms with E-state index in [0.717, 1.165) is 53.7 Å². The first-order valence-electron chi connectivity index (χ1n) is 11.2. The monoisotopic (exact) mass is 362 g/mol. The molecule has 0 bridgehead atoms. The second-order valence-electron chi connectivity index (χ2n) is 8.44. The Morgan fingerprint density at radius 2 is 1.38 bits per heavy atom. The van der Waals surface area contributed by atoms with Gasteiger partial charge in [-0.3, -0.25) is 0 Å². The van der Waals surface area contributed by atoms with Crippen LogP contribution in [0.1, 0.15) is 99.3 Å². The van der Waals surface area contributed by atoms with E-state index < -0.39 is 0 Å². The molecule has 1 heteroatoms. The van der Waals surface area contributed by atoms with E-state index in [0.29, 0.717) is 5.92 Å². The molecule has 2 aliphatic carbocycles. The first kappa shape index (κ1) is 23.2. The van der Waals surface area contributed by atoms with Gasteiger partial charge in [-0.15, -0.1) is 0 Å². The Balaban J connectivity index is 0.00000163. The van der Waals surface area contributed by atoms with Crippen LogP contribution in [0.5, 0.6) is 0 Å². The summed E-state index contributed by atoms with van der Waals surface area (Å²) >= 11 is 0. The minimum atomic E-state index is 0.0161. The zero-order valence-electron chi connectivity index (χ0n) is 18.3. The lowest BCUT2D eigenvalue weighted by Gasteiger charge is -2.37. The standard InChI is InChI=1S/C23H37F.C2H6/c1-6-21(16(3)4)23(24)22(7-2)20-14-12-19(13-15-20)18-10-8-17(5)9-11-18;1-2/h7,17-20H,2,6,8-15H2,1,3-5H3;1-2H3/b23-22-;. The fourth-order valence-corrected chi connectivity index (χ4v) is 5.00. The largest absolute Gasteiger partial charge is 0.206 e. The van der Waals surface area contributed by atoms with E-state index in [1.165, 1.54) is 38.5 Å². The van der Waals surface area contributed by atoms with E-state index >= 15 is 4.39 Å². The highest BCUT2D eigenvalue weighted by molar-refractivity contribution is 5.38. The van der Waals surface area contributed by atoms with Crippen LogP contribution in [0.25, 0.3) is 0 Å². The summed E-state index contributed by atoms with van der Waals surface area (Å²) in [5.41, 5.74) is 2.86. The second-order valence-corrected chi connectivity index (χ2v) is 8.44. The molecule has 0 atom stereocenters. The van der Waals surface area contributed by atoms with Crippen LogP contribution in [0.3, 0.4) is 0 Å². The summed E-state index contributed by atoms with van der Waals surface area (Å²) in [5, 5.41) is 0. The lowest BCUT2D eigenvalue weighted by Crippen LogP contribution is -2.25. The van der Waals surface area contributed by atoms with Crippen molar-refractivity contribution in [2.24, 2.45) is 23.7 Å². The van der Waals surface area contributed by atoms with Crippen molar-refractivity contribution >= 4 is 0 Å². The maximum absolute atomic E-state index is 15.0. The Bertz CT molecular complexity index is 476. The van der Waals surface area contributed by atoms with Crippen molar-refractivity contribution in [2.45, 2.75) is 99.3 Å². The zero-order chi connectivity index (χ0) is 19.7. The highest BCUT2D eigenvalue weighted by Gasteiger charge is 2.31. The minimum Gasteiger partial charge on any atom is -0.206 e. The van der Waals surface area contributed by atoms with Crippen LogP contribution in [0.15, 0.2) is 35.2 Å². The molecule has 0 heterocycles. The number of hydrogen-bond donors (Lipinski definition) is 0. The van der Waals surface area contributed by atoms with E-state index in [1.54, 1.807) is 6.08 Å². The molecule has 0 aromatic carbocycles. The van der Waals surface area contributed by atoms with Gasteiger partial charge < -0.3 is 0 Å². The van der Waals surface area contributed by atoms with Crippen LogP contribution in [-0.4, -0.2) is 0 Å². The number of hydrogen-bond acceptors (Lipinski definition) is 0. The van der Waals surface area contributed by atoms with Crippen molar-refractivity contribution in [1.29, 1.82) is 0 Å². The Morgan fingerprint density at radius 1 is 0.923 bits per heavy atom. The maximum atomic E-state index is 15.0. The summed E-state index contributed by atoms with van der Waals surface area (Å²) in [6.45, 7) is 16.4. The Labute approximate surface area is 163 Å². The maximum Gasteiger partial charge on any atom is 0.129 e. The van der Waals surface area contributed by atoms with E-state index in [2.05, 4.69) is 13.5 Å². The summed E-state index contributed by atoms with van der Waals surface area (Å²) in [6.07, 6.45) is 13.1. The number of rotatable bonds is 5. The summed E-state index contributed by atoms with van der Waals surface area (Å²) in [7, 11) is 0. The molecule has 0 spiro atoms. The lowest BCUT2D eigenvalue weighted by molar-refractivity contribution is 0.158. The molecule has 0 unspecified atom stereocenters. The molecule has 0 saturated heterocycles.